The Kier molecular flexibility index (Phi) is 6.94. The van der Waals surface area contributed by atoms with E-state index in [4.69, 9.17) is 9.47 Å². The van der Waals surface area contributed by atoms with Crippen LogP contribution in [0.2, 0.25) is 0 Å². The highest BCUT2D eigenvalue weighted by Crippen LogP contribution is 2.16. The van der Waals surface area contributed by atoms with E-state index in [9.17, 15) is 0 Å². The molecule has 1 aromatic rings. The molecule has 0 fully saturated rings. The molecule has 0 heterocycles. The topological polar surface area (TPSA) is 30.5 Å². The fraction of sp³-hybridized carbons (Fsp3) is 0.600. The number of nitrogens with one attached hydrogen (secondary N) is 1. The normalized spacial score (nSPS) is 12.9. The third-order valence-electron chi connectivity index (χ3n) is 2.95. The molecule has 0 saturated heterocycles. The highest BCUT2D eigenvalue weighted by Gasteiger charge is 2.12. The summed E-state index contributed by atoms with van der Waals surface area (Å²) >= 11 is 0. The van der Waals surface area contributed by atoms with Gasteiger partial charge in [0, 0.05) is 25.8 Å². The average Bonchev–Trinajstić information content (AvgIpc) is 2.36. The molecule has 3 heteroatoms. The predicted octanol–water partition coefficient (Wildman–Crippen LogP) is 3.04. The highest BCUT2D eigenvalue weighted by atomic mass is 16.7. The molecule has 0 amide bonds. The summed E-state index contributed by atoms with van der Waals surface area (Å²) in [6.45, 7) is 10.3. The quantitative estimate of drug-likeness (QED) is 0.720. The minimum Gasteiger partial charge on any atom is -0.352 e. The van der Waals surface area contributed by atoms with Crippen LogP contribution in [0.5, 0.6) is 0 Å². The maximum atomic E-state index is 5.51. The summed E-state index contributed by atoms with van der Waals surface area (Å²) in [5.74, 6) is 0. The van der Waals surface area contributed by atoms with E-state index in [1.165, 1.54) is 11.1 Å². The minimum atomic E-state index is -0.161. The first-order valence-electron chi connectivity index (χ1n) is 6.71. The largest absolute Gasteiger partial charge is 0.352 e. The van der Waals surface area contributed by atoms with Crippen LogP contribution in [-0.4, -0.2) is 26.0 Å². The molecule has 18 heavy (non-hydrogen) atoms. The van der Waals surface area contributed by atoms with Crippen LogP contribution in [-0.2, 0) is 9.47 Å². The van der Waals surface area contributed by atoms with Gasteiger partial charge in [-0.3, -0.25) is 0 Å². The molecule has 0 unspecified atom stereocenters. The minimum absolute atomic E-state index is 0.161. The van der Waals surface area contributed by atoms with E-state index in [0.717, 1.165) is 0 Å². The summed E-state index contributed by atoms with van der Waals surface area (Å²) in [4.78, 5) is 0. The van der Waals surface area contributed by atoms with Crippen molar-refractivity contribution in [3.05, 3.63) is 35.4 Å². The number of benzene rings is 1. The Morgan fingerprint density at radius 3 is 2.28 bits per heavy atom. The Morgan fingerprint density at radius 2 is 1.72 bits per heavy atom. The maximum absolute atomic E-state index is 5.51. The van der Waals surface area contributed by atoms with Crippen molar-refractivity contribution in [2.24, 2.45) is 0 Å². The fourth-order valence-corrected chi connectivity index (χ4v) is 1.99. The zero-order valence-electron chi connectivity index (χ0n) is 11.9. The zero-order chi connectivity index (χ0) is 13.4. The molecule has 102 valence electrons. The first-order chi connectivity index (χ1) is 8.69. The third-order valence-corrected chi connectivity index (χ3v) is 2.95. The lowest BCUT2D eigenvalue weighted by molar-refractivity contribution is -0.133. The van der Waals surface area contributed by atoms with Gasteiger partial charge in [0.25, 0.3) is 0 Å². The molecule has 3 nitrogen and oxygen atoms in total. The van der Waals surface area contributed by atoms with Gasteiger partial charge in [0.15, 0.2) is 6.29 Å². The third kappa shape index (κ3) is 4.77. The first kappa shape index (κ1) is 15.2. The van der Waals surface area contributed by atoms with Crippen molar-refractivity contribution in [1.82, 2.24) is 5.32 Å². The van der Waals surface area contributed by atoms with Gasteiger partial charge in [-0.25, -0.2) is 0 Å². The van der Waals surface area contributed by atoms with E-state index in [-0.39, 0.29) is 6.29 Å². The van der Waals surface area contributed by atoms with E-state index in [1.807, 2.05) is 13.8 Å². The smallest absolute Gasteiger partial charge is 0.169 e. The molecular formula is C15H25NO2. The number of ether oxygens (including phenoxy) is 2. The Balaban J connectivity index is 2.49. The molecule has 1 aromatic carbocycles. The average molecular weight is 251 g/mol. The second-order valence-electron chi connectivity index (χ2n) is 4.33. The first-order valence-corrected chi connectivity index (χ1v) is 6.71. The van der Waals surface area contributed by atoms with Gasteiger partial charge in [0.2, 0.25) is 0 Å². The molecule has 0 aliphatic heterocycles. The Hall–Kier alpha value is -0.900. The summed E-state index contributed by atoms with van der Waals surface area (Å²) in [6.07, 6.45) is -0.161. The second kappa shape index (κ2) is 8.25. The molecule has 1 rings (SSSR count). The molecule has 0 aromatic heterocycles. The van der Waals surface area contributed by atoms with Crippen molar-refractivity contribution in [3.8, 4) is 0 Å². The number of aryl methyl sites for hydroxylation is 1. The van der Waals surface area contributed by atoms with Crippen molar-refractivity contribution < 1.29 is 9.47 Å². The maximum Gasteiger partial charge on any atom is 0.169 e. The van der Waals surface area contributed by atoms with Crippen LogP contribution in [0.4, 0.5) is 0 Å². The molecule has 0 bridgehead atoms. The number of hydrogen-bond acceptors (Lipinski definition) is 3. The van der Waals surface area contributed by atoms with E-state index in [1.54, 1.807) is 0 Å². The monoisotopic (exact) mass is 251 g/mol. The molecule has 0 radical (unpaired) electrons. The van der Waals surface area contributed by atoms with Crippen LogP contribution in [0.25, 0.3) is 0 Å². The van der Waals surface area contributed by atoms with Gasteiger partial charge in [-0.1, -0.05) is 24.3 Å². The van der Waals surface area contributed by atoms with Crippen molar-refractivity contribution in [3.63, 3.8) is 0 Å². The molecule has 1 atom stereocenters. The summed E-state index contributed by atoms with van der Waals surface area (Å²) in [5.41, 5.74) is 2.63. The van der Waals surface area contributed by atoms with Crippen LogP contribution >= 0.6 is 0 Å². The zero-order valence-corrected chi connectivity index (χ0v) is 11.9. The molecule has 0 aliphatic rings. The Bertz CT molecular complexity index is 335. The fourth-order valence-electron chi connectivity index (χ4n) is 1.99. The van der Waals surface area contributed by atoms with Gasteiger partial charge in [-0.15, -0.1) is 0 Å². The summed E-state index contributed by atoms with van der Waals surface area (Å²) < 4.78 is 11.0. The van der Waals surface area contributed by atoms with Crippen molar-refractivity contribution >= 4 is 0 Å². The van der Waals surface area contributed by atoms with E-state index < -0.39 is 0 Å². The lowest BCUT2D eigenvalue weighted by Crippen LogP contribution is -2.33. The van der Waals surface area contributed by atoms with Crippen LogP contribution < -0.4 is 5.32 Å². The van der Waals surface area contributed by atoms with Crippen molar-refractivity contribution in [1.29, 1.82) is 0 Å². The van der Waals surface area contributed by atoms with Gasteiger partial charge in [-0.05, 0) is 38.8 Å². The lowest BCUT2D eigenvalue weighted by Gasteiger charge is -2.21. The molecule has 1 N–H and O–H groups in total. The Labute approximate surface area is 110 Å². The van der Waals surface area contributed by atoms with Gasteiger partial charge in [-0.2, -0.15) is 0 Å². The summed E-state index contributed by atoms with van der Waals surface area (Å²) in [5, 5.41) is 3.46. The molecule has 0 spiro atoms. The lowest BCUT2D eigenvalue weighted by atomic mass is 10.0. The molecular weight excluding hydrogens is 226 g/mol. The van der Waals surface area contributed by atoms with Crippen molar-refractivity contribution in [2.45, 2.75) is 40.0 Å². The van der Waals surface area contributed by atoms with Gasteiger partial charge < -0.3 is 14.8 Å². The van der Waals surface area contributed by atoms with Crippen LogP contribution in [0.3, 0.4) is 0 Å². The predicted molar refractivity (Wildman–Crippen MR) is 74.6 cm³/mol. The van der Waals surface area contributed by atoms with E-state index in [2.05, 4.69) is 43.4 Å². The number of rotatable bonds is 8. The summed E-state index contributed by atoms with van der Waals surface area (Å²) in [6, 6.07) is 8.73. The van der Waals surface area contributed by atoms with E-state index >= 15 is 0 Å². The SMILES string of the molecule is CCOC(CN[C@@H](C)c1ccccc1C)OCC. The van der Waals surface area contributed by atoms with Gasteiger partial charge in [0.1, 0.15) is 0 Å². The van der Waals surface area contributed by atoms with Crippen LogP contribution in [0.15, 0.2) is 24.3 Å². The summed E-state index contributed by atoms with van der Waals surface area (Å²) in [7, 11) is 0. The van der Waals surface area contributed by atoms with Gasteiger partial charge >= 0.3 is 0 Å². The number of hydrogen-bond donors (Lipinski definition) is 1. The Morgan fingerprint density at radius 1 is 1.11 bits per heavy atom. The molecule has 0 saturated carbocycles. The standard InChI is InChI=1S/C15H25NO2/c1-5-17-15(18-6-2)11-16-13(4)14-10-8-7-9-12(14)3/h7-10,13,15-16H,5-6,11H2,1-4H3/t13-/m0/s1. The van der Waals surface area contributed by atoms with Crippen LogP contribution in [0.1, 0.15) is 37.9 Å². The van der Waals surface area contributed by atoms with E-state index in [0.29, 0.717) is 25.8 Å². The molecule has 0 aliphatic carbocycles. The van der Waals surface area contributed by atoms with Crippen LogP contribution in [0, 0.1) is 6.92 Å². The highest BCUT2D eigenvalue weighted by molar-refractivity contribution is 5.28. The second-order valence-corrected chi connectivity index (χ2v) is 4.33. The van der Waals surface area contributed by atoms with Crippen molar-refractivity contribution in [2.75, 3.05) is 19.8 Å². The van der Waals surface area contributed by atoms with Gasteiger partial charge in [0.05, 0.1) is 0 Å².